The predicted molar refractivity (Wildman–Crippen MR) is 116 cm³/mol. The van der Waals surface area contributed by atoms with E-state index in [1.807, 2.05) is 31.3 Å². The third kappa shape index (κ3) is 3.92. The fourth-order valence-corrected chi connectivity index (χ4v) is 4.38. The van der Waals surface area contributed by atoms with Gasteiger partial charge in [0.1, 0.15) is 11.3 Å². The summed E-state index contributed by atoms with van der Waals surface area (Å²) in [6.07, 6.45) is 5.27. The number of aromatic amines is 1. The first-order chi connectivity index (χ1) is 14.4. The number of nitrogens with zero attached hydrogens (tertiary/aromatic N) is 1. The highest BCUT2D eigenvalue weighted by Crippen LogP contribution is 2.25. The Kier molecular flexibility index (Phi) is 5.52. The summed E-state index contributed by atoms with van der Waals surface area (Å²) in [4.78, 5) is 30.5. The predicted octanol–water partition coefficient (Wildman–Crippen LogP) is 3.59. The maximum atomic E-state index is 13.0. The van der Waals surface area contributed by atoms with Gasteiger partial charge in [-0.05, 0) is 55.9 Å². The molecule has 0 spiro atoms. The van der Waals surface area contributed by atoms with Crippen molar-refractivity contribution < 1.29 is 14.3 Å². The smallest absolute Gasteiger partial charge is 0.349 e. The van der Waals surface area contributed by atoms with Crippen molar-refractivity contribution in [3.63, 3.8) is 0 Å². The molecule has 1 amide bonds. The van der Waals surface area contributed by atoms with E-state index in [4.69, 9.17) is 4.42 Å². The van der Waals surface area contributed by atoms with E-state index < -0.39 is 11.2 Å². The summed E-state index contributed by atoms with van der Waals surface area (Å²) in [7, 11) is 0. The zero-order valence-electron chi connectivity index (χ0n) is 17.5. The van der Waals surface area contributed by atoms with Crippen molar-refractivity contribution >= 4 is 16.8 Å². The fraction of sp³-hybridized carbons (Fsp3) is 0.417. The van der Waals surface area contributed by atoms with E-state index >= 15 is 0 Å². The molecule has 1 aliphatic heterocycles. The lowest BCUT2D eigenvalue weighted by molar-refractivity contribution is -0.0271. The van der Waals surface area contributed by atoms with Crippen LogP contribution in [0, 0.1) is 6.92 Å². The number of likely N-dealkylation sites (tertiary alicyclic amines) is 1. The lowest BCUT2D eigenvalue weighted by atomic mass is 9.90. The third-order valence-electron chi connectivity index (χ3n) is 6.23. The van der Waals surface area contributed by atoms with Crippen LogP contribution in [0.3, 0.4) is 0 Å². The number of hydrogen-bond donors (Lipinski definition) is 2. The summed E-state index contributed by atoms with van der Waals surface area (Å²) in [5, 5.41) is 11.7. The molecule has 1 saturated heterocycles. The van der Waals surface area contributed by atoms with Crippen LogP contribution in [0.4, 0.5) is 0 Å². The Hall–Kier alpha value is -2.86. The normalized spacial score (nSPS) is 19.4. The molecule has 0 saturated carbocycles. The van der Waals surface area contributed by atoms with Crippen LogP contribution >= 0.6 is 0 Å². The molecule has 1 aliphatic rings. The van der Waals surface area contributed by atoms with Crippen molar-refractivity contribution in [2.75, 3.05) is 13.1 Å². The van der Waals surface area contributed by atoms with E-state index in [0.29, 0.717) is 37.1 Å². The summed E-state index contributed by atoms with van der Waals surface area (Å²) in [5.74, 6) is 0.221. The highest BCUT2D eigenvalue weighted by atomic mass is 16.4. The quantitative estimate of drug-likeness (QED) is 0.675. The molecular formula is C24H28N2O4. The Balaban J connectivity index is 1.52. The minimum atomic E-state index is -0.874. The van der Waals surface area contributed by atoms with Crippen LogP contribution in [-0.2, 0) is 12.8 Å². The van der Waals surface area contributed by atoms with Gasteiger partial charge >= 0.3 is 5.63 Å². The monoisotopic (exact) mass is 408 g/mol. The van der Waals surface area contributed by atoms with Crippen molar-refractivity contribution in [3.05, 3.63) is 69.4 Å². The minimum Gasteiger partial charge on any atom is -0.427 e. The number of nitrogens with one attached hydrogen (secondary N) is 1. The first-order valence-corrected chi connectivity index (χ1v) is 10.6. The van der Waals surface area contributed by atoms with Crippen molar-refractivity contribution in [3.8, 4) is 0 Å². The molecule has 1 atom stereocenters. The topological polar surface area (TPSA) is 86.5 Å². The first kappa shape index (κ1) is 20.4. The Labute approximate surface area is 175 Å². The number of H-pyrrole nitrogens is 1. The molecule has 0 bridgehead atoms. The van der Waals surface area contributed by atoms with Crippen molar-refractivity contribution in [1.29, 1.82) is 0 Å². The Bertz CT molecular complexity index is 1130. The molecular weight excluding hydrogens is 380 g/mol. The van der Waals surface area contributed by atoms with E-state index in [0.717, 1.165) is 23.7 Å². The van der Waals surface area contributed by atoms with Gasteiger partial charge in [0.2, 0.25) is 0 Å². The zero-order valence-corrected chi connectivity index (χ0v) is 17.5. The number of para-hydroxylation sites is 1. The van der Waals surface area contributed by atoms with E-state index in [9.17, 15) is 14.7 Å². The average molecular weight is 408 g/mol. The summed E-state index contributed by atoms with van der Waals surface area (Å²) in [6.45, 7) is 4.48. The Morgan fingerprint density at radius 1 is 1.30 bits per heavy atom. The van der Waals surface area contributed by atoms with E-state index in [-0.39, 0.29) is 18.0 Å². The standard InChI is InChI=1S/C24H28N2O4/c1-3-24(29)11-6-12-26(15-24)22(27)21-16(2)13-18(30-23(21)28)10-9-17-14-25-20-8-5-4-7-19(17)20/h4-5,7-8,13-14,25,29H,3,6,9-12,15H2,1-2H3. The number of aliphatic hydroxyl groups is 1. The molecule has 158 valence electrons. The Morgan fingerprint density at radius 3 is 2.87 bits per heavy atom. The summed E-state index contributed by atoms with van der Waals surface area (Å²) >= 11 is 0. The molecule has 4 rings (SSSR count). The third-order valence-corrected chi connectivity index (χ3v) is 6.23. The largest absolute Gasteiger partial charge is 0.427 e. The molecule has 0 radical (unpaired) electrons. The number of carbonyl (C=O) groups excluding carboxylic acids is 1. The van der Waals surface area contributed by atoms with E-state index in [2.05, 4.69) is 11.1 Å². The molecule has 3 aromatic rings. The molecule has 6 nitrogen and oxygen atoms in total. The van der Waals surface area contributed by atoms with Crippen molar-refractivity contribution in [1.82, 2.24) is 9.88 Å². The Morgan fingerprint density at radius 2 is 2.10 bits per heavy atom. The number of piperidine rings is 1. The number of benzene rings is 1. The van der Waals surface area contributed by atoms with Crippen LogP contribution in [0.5, 0.6) is 0 Å². The van der Waals surface area contributed by atoms with E-state index in [1.54, 1.807) is 17.9 Å². The number of aryl methyl sites for hydroxylation is 3. The van der Waals surface area contributed by atoms with Gasteiger partial charge in [0, 0.05) is 36.6 Å². The number of rotatable bonds is 5. The molecule has 3 heterocycles. The molecule has 0 aliphatic carbocycles. The number of β-amino-alcohol motifs (C(OH)–C–C–N with tert-alkyl or cyclic N) is 1. The minimum absolute atomic E-state index is 0.0752. The zero-order chi connectivity index (χ0) is 21.3. The van der Waals surface area contributed by atoms with Crippen LogP contribution in [-0.4, -0.2) is 39.6 Å². The van der Waals surface area contributed by atoms with Crippen LogP contribution in [0.15, 0.2) is 45.7 Å². The lowest BCUT2D eigenvalue weighted by Crippen LogP contribution is -2.50. The summed E-state index contributed by atoms with van der Waals surface area (Å²) < 4.78 is 5.51. The van der Waals surface area contributed by atoms with Gasteiger partial charge in [-0.2, -0.15) is 0 Å². The van der Waals surface area contributed by atoms with Gasteiger partial charge in [0.15, 0.2) is 0 Å². The van der Waals surface area contributed by atoms with E-state index in [1.165, 1.54) is 5.56 Å². The second-order valence-electron chi connectivity index (χ2n) is 8.33. The summed E-state index contributed by atoms with van der Waals surface area (Å²) in [6, 6.07) is 9.89. The van der Waals surface area contributed by atoms with Gasteiger partial charge in [-0.1, -0.05) is 25.1 Å². The lowest BCUT2D eigenvalue weighted by Gasteiger charge is -2.38. The number of carbonyl (C=O) groups is 1. The number of aromatic nitrogens is 1. The number of amides is 1. The van der Waals surface area contributed by atoms with Crippen LogP contribution in [0.25, 0.3) is 10.9 Å². The highest BCUT2D eigenvalue weighted by Gasteiger charge is 2.35. The average Bonchev–Trinajstić information content (AvgIpc) is 3.15. The van der Waals surface area contributed by atoms with Gasteiger partial charge in [-0.15, -0.1) is 0 Å². The molecule has 1 fully saturated rings. The molecule has 2 N–H and O–H groups in total. The molecule has 1 unspecified atom stereocenters. The van der Waals surface area contributed by atoms with Crippen LogP contribution in [0.1, 0.15) is 53.4 Å². The van der Waals surface area contributed by atoms with Gasteiger partial charge < -0.3 is 19.4 Å². The van der Waals surface area contributed by atoms with Gasteiger partial charge in [-0.25, -0.2) is 4.79 Å². The SMILES string of the molecule is CCC1(O)CCCN(C(=O)c2c(C)cc(CCc3c[nH]c4ccccc34)oc2=O)C1. The van der Waals surface area contributed by atoms with Crippen molar-refractivity contribution in [2.24, 2.45) is 0 Å². The second-order valence-corrected chi connectivity index (χ2v) is 8.33. The molecule has 30 heavy (non-hydrogen) atoms. The van der Waals surface area contributed by atoms with Crippen LogP contribution in [0.2, 0.25) is 0 Å². The van der Waals surface area contributed by atoms with Gasteiger partial charge in [-0.3, -0.25) is 4.79 Å². The molecule has 6 heteroatoms. The van der Waals surface area contributed by atoms with Gasteiger partial charge in [0.25, 0.3) is 5.91 Å². The van der Waals surface area contributed by atoms with Gasteiger partial charge in [0.05, 0.1) is 5.60 Å². The number of fused-ring (bicyclic) bond motifs is 1. The van der Waals surface area contributed by atoms with Crippen molar-refractivity contribution in [2.45, 2.75) is 51.6 Å². The maximum Gasteiger partial charge on any atom is 0.349 e. The van der Waals surface area contributed by atoms with Crippen LogP contribution < -0.4 is 5.63 Å². The fourth-order valence-electron chi connectivity index (χ4n) is 4.38. The molecule has 2 aromatic heterocycles. The number of hydrogen-bond acceptors (Lipinski definition) is 4. The molecule has 1 aromatic carbocycles. The maximum absolute atomic E-state index is 13.0. The second kappa shape index (κ2) is 8.11. The summed E-state index contributed by atoms with van der Waals surface area (Å²) in [5.41, 5.74) is 1.47. The first-order valence-electron chi connectivity index (χ1n) is 10.6. The highest BCUT2D eigenvalue weighted by molar-refractivity contribution is 5.95.